The van der Waals surface area contributed by atoms with Crippen LogP contribution in [0.4, 0.5) is 4.39 Å². The number of nitrogens with one attached hydrogen (secondary N) is 3. The zero-order valence-corrected chi connectivity index (χ0v) is 19.0. The van der Waals surface area contributed by atoms with Crippen LogP contribution in [0.3, 0.4) is 0 Å². The minimum absolute atomic E-state index is 0.00282. The van der Waals surface area contributed by atoms with Gasteiger partial charge in [-0.3, -0.25) is 9.59 Å². The largest absolute Gasteiger partial charge is 0.484 e. The van der Waals surface area contributed by atoms with Gasteiger partial charge < -0.3 is 15.4 Å². The summed E-state index contributed by atoms with van der Waals surface area (Å²) in [5, 5.41) is 8.19. The highest BCUT2D eigenvalue weighted by atomic mass is 35.5. The van der Waals surface area contributed by atoms with E-state index in [9.17, 15) is 14.0 Å². The molecule has 1 heterocycles. The normalized spacial score (nSPS) is 30.2. The van der Waals surface area contributed by atoms with E-state index in [0.29, 0.717) is 25.7 Å². The van der Waals surface area contributed by atoms with Crippen molar-refractivity contribution >= 4 is 23.4 Å². The molecule has 2 atom stereocenters. The lowest BCUT2D eigenvalue weighted by atomic mass is 9.44. The minimum atomic E-state index is -0.593. The Hall–Kier alpha value is -2.68. The molecule has 174 valence electrons. The standard InChI is InChI=1S/C24H26ClFN4O3/c1-30-20(15-5-3-2-4-6-15)10-19(29-30)22(32)28-24-12-23(13-24,14-24)27-21(31)11-33-16-7-8-17(25)18(26)9-16/h2-9,19-20,29H,10-14H2,1H3,(H,27,31)(H,28,32). The summed E-state index contributed by atoms with van der Waals surface area (Å²) in [5.41, 5.74) is 3.92. The lowest BCUT2D eigenvalue weighted by Gasteiger charge is -2.70. The van der Waals surface area contributed by atoms with Crippen molar-refractivity contribution in [2.75, 3.05) is 13.7 Å². The van der Waals surface area contributed by atoms with Gasteiger partial charge in [-0.2, -0.15) is 0 Å². The second-order valence-electron chi connectivity index (χ2n) is 9.45. The Morgan fingerprint density at radius 2 is 1.85 bits per heavy atom. The van der Waals surface area contributed by atoms with Gasteiger partial charge >= 0.3 is 0 Å². The van der Waals surface area contributed by atoms with Crippen LogP contribution in [0.5, 0.6) is 5.75 Å². The highest BCUT2D eigenvalue weighted by molar-refractivity contribution is 6.30. The van der Waals surface area contributed by atoms with Gasteiger partial charge in [0.1, 0.15) is 17.6 Å². The van der Waals surface area contributed by atoms with Crippen LogP contribution in [0.2, 0.25) is 5.02 Å². The number of ether oxygens (including phenoxy) is 1. The van der Waals surface area contributed by atoms with Gasteiger partial charge in [0.05, 0.1) is 11.1 Å². The summed E-state index contributed by atoms with van der Waals surface area (Å²) < 4.78 is 18.8. The van der Waals surface area contributed by atoms with Gasteiger partial charge in [0, 0.05) is 24.2 Å². The second kappa shape index (κ2) is 8.27. The molecule has 9 heteroatoms. The summed E-state index contributed by atoms with van der Waals surface area (Å²) in [7, 11) is 1.96. The predicted octanol–water partition coefficient (Wildman–Crippen LogP) is 2.72. The molecule has 1 aliphatic heterocycles. The molecule has 3 N–H and O–H groups in total. The number of halogens is 2. The third kappa shape index (κ3) is 4.30. The lowest BCUT2D eigenvalue weighted by molar-refractivity contribution is -0.151. The molecule has 0 radical (unpaired) electrons. The number of amides is 2. The van der Waals surface area contributed by atoms with Crippen LogP contribution >= 0.6 is 11.6 Å². The topological polar surface area (TPSA) is 82.7 Å². The summed E-state index contributed by atoms with van der Waals surface area (Å²) in [6.07, 6.45) is 2.82. The number of hydrogen-bond donors (Lipinski definition) is 3. The van der Waals surface area contributed by atoms with E-state index in [1.807, 2.05) is 30.3 Å². The van der Waals surface area contributed by atoms with E-state index >= 15 is 0 Å². The molecule has 2 amide bonds. The average molecular weight is 473 g/mol. The van der Waals surface area contributed by atoms with Gasteiger partial charge in [0.15, 0.2) is 6.61 Å². The van der Waals surface area contributed by atoms with Crippen LogP contribution in [0.1, 0.15) is 37.3 Å². The molecule has 2 aromatic rings. The fourth-order valence-corrected chi connectivity index (χ4v) is 5.54. The average Bonchev–Trinajstić information content (AvgIpc) is 3.14. The molecular formula is C24H26ClFN4O3. The van der Waals surface area contributed by atoms with Crippen molar-refractivity contribution in [2.45, 2.75) is 48.8 Å². The molecule has 2 bridgehead atoms. The summed E-state index contributed by atoms with van der Waals surface area (Å²) in [6.45, 7) is -0.207. The number of carbonyl (C=O) groups is 2. The van der Waals surface area contributed by atoms with E-state index in [1.54, 1.807) is 0 Å². The first-order valence-electron chi connectivity index (χ1n) is 11.0. The van der Waals surface area contributed by atoms with E-state index in [-0.39, 0.29) is 52.4 Å². The van der Waals surface area contributed by atoms with Gasteiger partial charge in [-0.1, -0.05) is 41.9 Å². The maximum absolute atomic E-state index is 13.5. The Morgan fingerprint density at radius 3 is 2.55 bits per heavy atom. The predicted molar refractivity (Wildman–Crippen MR) is 121 cm³/mol. The smallest absolute Gasteiger partial charge is 0.258 e. The van der Waals surface area contributed by atoms with Crippen LogP contribution < -0.4 is 20.8 Å². The fraction of sp³-hybridized carbons (Fsp3) is 0.417. The summed E-state index contributed by atoms with van der Waals surface area (Å²) in [6, 6.07) is 14.1. The molecule has 4 fully saturated rings. The second-order valence-corrected chi connectivity index (χ2v) is 9.85. The van der Waals surface area contributed by atoms with Crippen molar-refractivity contribution < 1.29 is 18.7 Å². The molecule has 6 rings (SSSR count). The summed E-state index contributed by atoms with van der Waals surface area (Å²) >= 11 is 5.65. The van der Waals surface area contributed by atoms with Crippen molar-refractivity contribution in [3.05, 3.63) is 64.9 Å². The van der Waals surface area contributed by atoms with Crippen LogP contribution in [0.25, 0.3) is 0 Å². The Bertz CT molecular complexity index is 1060. The number of rotatable bonds is 7. The quantitative estimate of drug-likeness (QED) is 0.577. The zero-order chi connectivity index (χ0) is 23.2. The summed E-state index contributed by atoms with van der Waals surface area (Å²) in [4.78, 5) is 25.2. The Balaban J connectivity index is 1.07. The minimum Gasteiger partial charge on any atom is -0.484 e. The molecule has 2 aromatic carbocycles. The lowest BCUT2D eigenvalue weighted by Crippen LogP contribution is -2.84. The van der Waals surface area contributed by atoms with Crippen molar-refractivity contribution in [3.63, 3.8) is 0 Å². The highest BCUT2D eigenvalue weighted by Crippen LogP contribution is 2.60. The van der Waals surface area contributed by atoms with Gasteiger partial charge in [0.2, 0.25) is 5.91 Å². The number of benzene rings is 2. The first-order chi connectivity index (χ1) is 15.8. The van der Waals surface area contributed by atoms with Crippen LogP contribution in [-0.4, -0.2) is 47.6 Å². The summed E-state index contributed by atoms with van der Waals surface area (Å²) in [5.74, 6) is -0.622. The molecule has 2 unspecified atom stereocenters. The van der Waals surface area contributed by atoms with E-state index in [1.165, 1.54) is 17.7 Å². The third-order valence-corrected chi connectivity index (χ3v) is 7.18. The monoisotopic (exact) mass is 472 g/mol. The maximum Gasteiger partial charge on any atom is 0.258 e. The van der Waals surface area contributed by atoms with Gasteiger partial charge in [-0.05, 0) is 43.4 Å². The number of carbonyl (C=O) groups excluding carboxylic acids is 2. The van der Waals surface area contributed by atoms with E-state index < -0.39 is 5.82 Å². The Labute approximate surface area is 196 Å². The molecule has 0 spiro atoms. The number of hydrazine groups is 1. The molecule has 33 heavy (non-hydrogen) atoms. The maximum atomic E-state index is 13.5. The number of nitrogens with zero attached hydrogens (tertiary/aromatic N) is 1. The zero-order valence-electron chi connectivity index (χ0n) is 18.2. The van der Waals surface area contributed by atoms with Gasteiger partial charge in [0.25, 0.3) is 5.91 Å². The van der Waals surface area contributed by atoms with Crippen molar-refractivity contribution in [1.82, 2.24) is 21.1 Å². The van der Waals surface area contributed by atoms with Crippen LogP contribution in [-0.2, 0) is 9.59 Å². The first-order valence-corrected chi connectivity index (χ1v) is 11.4. The molecule has 3 aliphatic carbocycles. The molecule has 0 aromatic heterocycles. The fourth-order valence-electron chi connectivity index (χ4n) is 5.42. The van der Waals surface area contributed by atoms with Crippen LogP contribution in [0, 0.1) is 5.82 Å². The molecule has 1 saturated heterocycles. The van der Waals surface area contributed by atoms with Crippen LogP contribution in [0.15, 0.2) is 48.5 Å². The van der Waals surface area contributed by atoms with Crippen molar-refractivity contribution in [3.8, 4) is 5.75 Å². The van der Waals surface area contributed by atoms with Gasteiger partial charge in [-0.25, -0.2) is 14.8 Å². The molecule has 4 aliphatic rings. The Morgan fingerprint density at radius 1 is 1.15 bits per heavy atom. The molecular weight excluding hydrogens is 447 g/mol. The molecule has 7 nitrogen and oxygen atoms in total. The molecule has 3 saturated carbocycles. The number of hydrogen-bond acceptors (Lipinski definition) is 5. The van der Waals surface area contributed by atoms with E-state index in [2.05, 4.69) is 28.2 Å². The van der Waals surface area contributed by atoms with Crippen molar-refractivity contribution in [2.24, 2.45) is 0 Å². The first kappa shape index (κ1) is 22.1. The third-order valence-electron chi connectivity index (χ3n) is 6.87. The van der Waals surface area contributed by atoms with Gasteiger partial charge in [-0.15, -0.1) is 0 Å². The Kier molecular flexibility index (Phi) is 5.55. The van der Waals surface area contributed by atoms with E-state index in [0.717, 1.165) is 6.07 Å². The highest BCUT2D eigenvalue weighted by Gasteiger charge is 2.69. The van der Waals surface area contributed by atoms with E-state index in [4.69, 9.17) is 16.3 Å². The SMILES string of the molecule is CN1NC(C(=O)NC23CC(NC(=O)COc4ccc(Cl)c(F)c4)(C2)C3)CC1c1ccccc1. The van der Waals surface area contributed by atoms with Crippen molar-refractivity contribution in [1.29, 1.82) is 0 Å².